The number of piperidine rings is 1. The minimum Gasteiger partial charge on any atom is -0.338 e. The summed E-state index contributed by atoms with van der Waals surface area (Å²) in [5.41, 5.74) is 7.15. The van der Waals surface area contributed by atoms with Crippen molar-refractivity contribution in [3.05, 3.63) is 35.4 Å². The molecule has 2 atom stereocenters. The van der Waals surface area contributed by atoms with Gasteiger partial charge in [0.1, 0.15) is 0 Å². The maximum Gasteiger partial charge on any atom is 0.253 e. The Labute approximate surface area is 107 Å². The molecule has 4 heteroatoms. The Morgan fingerprint density at radius 2 is 2.11 bits per heavy atom. The normalized spacial score (nSPS) is 23.5. The van der Waals surface area contributed by atoms with E-state index in [2.05, 4.69) is 6.92 Å². The fraction of sp³-hybridized carbons (Fsp3) is 0.429. The van der Waals surface area contributed by atoms with E-state index in [4.69, 9.17) is 11.0 Å². The zero-order chi connectivity index (χ0) is 13.1. The van der Waals surface area contributed by atoms with Gasteiger partial charge in [-0.3, -0.25) is 4.79 Å². The van der Waals surface area contributed by atoms with E-state index < -0.39 is 0 Å². The van der Waals surface area contributed by atoms with E-state index in [9.17, 15) is 4.79 Å². The molecule has 1 saturated heterocycles. The molecule has 1 amide bonds. The Morgan fingerprint density at radius 3 is 2.67 bits per heavy atom. The van der Waals surface area contributed by atoms with Crippen LogP contribution in [0.4, 0.5) is 0 Å². The second-order valence-corrected chi connectivity index (χ2v) is 4.87. The average molecular weight is 243 g/mol. The lowest BCUT2D eigenvalue weighted by Gasteiger charge is -2.35. The lowest BCUT2D eigenvalue weighted by molar-refractivity contribution is 0.0664. The third-order valence-electron chi connectivity index (χ3n) is 3.52. The lowest BCUT2D eigenvalue weighted by Crippen LogP contribution is -2.48. The van der Waals surface area contributed by atoms with Crippen LogP contribution in [-0.4, -0.2) is 29.9 Å². The summed E-state index contributed by atoms with van der Waals surface area (Å²) in [5.74, 6) is 0.360. The van der Waals surface area contributed by atoms with Crippen molar-refractivity contribution in [2.75, 3.05) is 13.1 Å². The molecule has 0 spiro atoms. The Hall–Kier alpha value is -1.86. The molecule has 1 heterocycles. The van der Waals surface area contributed by atoms with E-state index in [0.717, 1.165) is 6.42 Å². The SMILES string of the molecule is CC1CN(C(=O)c2ccc(C#N)cc2)CCC1N. The van der Waals surface area contributed by atoms with E-state index in [-0.39, 0.29) is 11.9 Å². The van der Waals surface area contributed by atoms with Gasteiger partial charge in [0.2, 0.25) is 0 Å². The molecule has 1 aliphatic rings. The molecular weight excluding hydrogens is 226 g/mol. The highest BCUT2D eigenvalue weighted by Crippen LogP contribution is 2.17. The number of hydrogen-bond donors (Lipinski definition) is 1. The first-order valence-corrected chi connectivity index (χ1v) is 6.17. The number of amides is 1. The second kappa shape index (κ2) is 5.19. The summed E-state index contributed by atoms with van der Waals surface area (Å²) in [4.78, 5) is 14.1. The topological polar surface area (TPSA) is 70.1 Å². The summed E-state index contributed by atoms with van der Waals surface area (Å²) in [6.07, 6.45) is 0.850. The molecule has 0 aliphatic carbocycles. The molecule has 1 aromatic carbocycles. The van der Waals surface area contributed by atoms with Gasteiger partial charge < -0.3 is 10.6 Å². The summed E-state index contributed by atoms with van der Waals surface area (Å²) in [7, 11) is 0. The molecule has 1 fully saturated rings. The zero-order valence-electron chi connectivity index (χ0n) is 10.5. The minimum atomic E-state index is 0.0261. The highest BCUT2D eigenvalue weighted by Gasteiger charge is 2.26. The maximum absolute atomic E-state index is 12.3. The Balaban J connectivity index is 2.09. The summed E-state index contributed by atoms with van der Waals surface area (Å²) < 4.78 is 0. The van der Waals surface area contributed by atoms with E-state index in [1.54, 1.807) is 24.3 Å². The fourth-order valence-corrected chi connectivity index (χ4v) is 2.22. The molecular formula is C14H17N3O. The number of benzene rings is 1. The van der Waals surface area contributed by atoms with E-state index in [1.807, 2.05) is 11.0 Å². The second-order valence-electron chi connectivity index (χ2n) is 4.87. The third-order valence-corrected chi connectivity index (χ3v) is 3.52. The quantitative estimate of drug-likeness (QED) is 0.809. The van der Waals surface area contributed by atoms with Crippen LogP contribution in [0.1, 0.15) is 29.3 Å². The average Bonchev–Trinajstić information content (AvgIpc) is 2.41. The van der Waals surface area contributed by atoms with Gasteiger partial charge in [-0.25, -0.2) is 0 Å². The molecule has 0 saturated carbocycles. The van der Waals surface area contributed by atoms with Crippen molar-refractivity contribution in [3.63, 3.8) is 0 Å². The highest BCUT2D eigenvalue weighted by molar-refractivity contribution is 5.94. The highest BCUT2D eigenvalue weighted by atomic mass is 16.2. The first kappa shape index (κ1) is 12.6. The van der Waals surface area contributed by atoms with Crippen molar-refractivity contribution >= 4 is 5.91 Å². The van der Waals surface area contributed by atoms with Crippen LogP contribution in [0.2, 0.25) is 0 Å². The van der Waals surface area contributed by atoms with Gasteiger partial charge in [0, 0.05) is 24.7 Å². The molecule has 0 radical (unpaired) electrons. The van der Waals surface area contributed by atoms with Crippen molar-refractivity contribution < 1.29 is 4.79 Å². The number of nitrogens with two attached hydrogens (primary N) is 1. The maximum atomic E-state index is 12.3. The zero-order valence-corrected chi connectivity index (χ0v) is 10.5. The van der Waals surface area contributed by atoms with Crippen LogP contribution < -0.4 is 5.73 Å². The van der Waals surface area contributed by atoms with E-state index in [1.165, 1.54) is 0 Å². The monoisotopic (exact) mass is 243 g/mol. The van der Waals surface area contributed by atoms with Crippen LogP contribution >= 0.6 is 0 Å². The molecule has 2 N–H and O–H groups in total. The predicted octanol–water partition coefficient (Wildman–Crippen LogP) is 1.37. The molecule has 0 aromatic heterocycles. The van der Waals surface area contributed by atoms with Gasteiger partial charge in [0.15, 0.2) is 0 Å². The number of nitriles is 1. The van der Waals surface area contributed by atoms with Crippen molar-refractivity contribution in [3.8, 4) is 6.07 Å². The smallest absolute Gasteiger partial charge is 0.253 e. The largest absolute Gasteiger partial charge is 0.338 e. The van der Waals surface area contributed by atoms with Crippen LogP contribution in [0.3, 0.4) is 0 Å². The van der Waals surface area contributed by atoms with E-state index >= 15 is 0 Å². The summed E-state index contributed by atoms with van der Waals surface area (Å²) in [6.45, 7) is 3.49. The van der Waals surface area contributed by atoms with Gasteiger partial charge in [0.25, 0.3) is 5.91 Å². The van der Waals surface area contributed by atoms with Gasteiger partial charge in [-0.05, 0) is 36.6 Å². The van der Waals surface area contributed by atoms with Crippen molar-refractivity contribution in [2.45, 2.75) is 19.4 Å². The first-order chi connectivity index (χ1) is 8.61. The summed E-state index contributed by atoms with van der Waals surface area (Å²) in [5, 5.41) is 8.72. The van der Waals surface area contributed by atoms with Gasteiger partial charge in [0.05, 0.1) is 11.6 Å². The Kier molecular flexibility index (Phi) is 3.63. The number of carbonyl (C=O) groups excluding carboxylic acids is 1. The molecule has 2 unspecified atom stereocenters. The van der Waals surface area contributed by atoms with Crippen molar-refractivity contribution in [1.29, 1.82) is 5.26 Å². The standard InChI is InChI=1S/C14H17N3O/c1-10-9-17(7-6-13(10)16)14(18)12-4-2-11(8-15)3-5-12/h2-5,10,13H,6-7,9,16H2,1H3. The molecule has 4 nitrogen and oxygen atoms in total. The van der Waals surface area contributed by atoms with Crippen LogP contribution in [-0.2, 0) is 0 Å². The summed E-state index contributed by atoms with van der Waals surface area (Å²) in [6, 6.07) is 9.00. The minimum absolute atomic E-state index is 0.0261. The van der Waals surface area contributed by atoms with Crippen molar-refractivity contribution in [1.82, 2.24) is 4.90 Å². The number of nitrogens with zero attached hydrogens (tertiary/aromatic N) is 2. The number of carbonyl (C=O) groups is 1. The molecule has 2 rings (SSSR count). The van der Waals surface area contributed by atoms with Crippen LogP contribution in [0.25, 0.3) is 0 Å². The molecule has 1 aromatic rings. The Morgan fingerprint density at radius 1 is 1.44 bits per heavy atom. The van der Waals surface area contributed by atoms with Crippen LogP contribution in [0.5, 0.6) is 0 Å². The summed E-state index contributed by atoms with van der Waals surface area (Å²) >= 11 is 0. The lowest BCUT2D eigenvalue weighted by atomic mass is 9.94. The molecule has 1 aliphatic heterocycles. The van der Waals surface area contributed by atoms with E-state index in [0.29, 0.717) is 30.1 Å². The van der Waals surface area contributed by atoms with Gasteiger partial charge >= 0.3 is 0 Å². The predicted molar refractivity (Wildman–Crippen MR) is 68.8 cm³/mol. The third kappa shape index (κ3) is 2.52. The fourth-order valence-electron chi connectivity index (χ4n) is 2.22. The number of likely N-dealkylation sites (tertiary alicyclic amines) is 1. The van der Waals surface area contributed by atoms with Crippen molar-refractivity contribution in [2.24, 2.45) is 11.7 Å². The van der Waals surface area contributed by atoms with Crippen LogP contribution in [0.15, 0.2) is 24.3 Å². The van der Waals surface area contributed by atoms with Crippen LogP contribution in [0, 0.1) is 17.2 Å². The Bertz CT molecular complexity index is 475. The molecule has 0 bridgehead atoms. The molecule has 94 valence electrons. The molecule has 18 heavy (non-hydrogen) atoms. The van der Waals surface area contributed by atoms with Gasteiger partial charge in [-0.15, -0.1) is 0 Å². The van der Waals surface area contributed by atoms with Gasteiger partial charge in [-0.2, -0.15) is 5.26 Å². The first-order valence-electron chi connectivity index (χ1n) is 6.17. The number of hydrogen-bond acceptors (Lipinski definition) is 3. The van der Waals surface area contributed by atoms with Gasteiger partial charge in [-0.1, -0.05) is 6.92 Å². The number of rotatable bonds is 1.